The fourth-order valence-electron chi connectivity index (χ4n) is 3.31. The number of benzene rings is 1. The molecule has 1 atom stereocenters. The van der Waals surface area contributed by atoms with E-state index in [4.69, 9.17) is 16.6 Å². The van der Waals surface area contributed by atoms with Crippen molar-refractivity contribution in [2.24, 2.45) is 0 Å². The summed E-state index contributed by atoms with van der Waals surface area (Å²) in [6, 6.07) is 7.51. The smallest absolute Gasteiger partial charge is 0.227 e. The van der Waals surface area contributed by atoms with Gasteiger partial charge in [-0.05, 0) is 24.5 Å². The molecule has 144 valence electrons. The highest BCUT2D eigenvalue weighted by atomic mass is 35.5. The Bertz CT molecular complexity index is 808. The highest BCUT2D eigenvalue weighted by Gasteiger charge is 2.27. The summed E-state index contributed by atoms with van der Waals surface area (Å²) < 4.78 is 0. The number of aromatic nitrogens is 1. The zero-order valence-corrected chi connectivity index (χ0v) is 17.0. The molecule has 2 aromatic rings. The average Bonchev–Trinajstić information content (AvgIpc) is 3.12. The van der Waals surface area contributed by atoms with Gasteiger partial charge < -0.3 is 10.2 Å². The maximum atomic E-state index is 12.7. The number of rotatable bonds is 6. The second kappa shape index (κ2) is 9.33. The molecule has 1 aliphatic rings. The van der Waals surface area contributed by atoms with Crippen molar-refractivity contribution in [3.8, 4) is 0 Å². The number of hydrogen-bond donors (Lipinski definition) is 1. The predicted octanol–water partition coefficient (Wildman–Crippen LogP) is 3.42. The number of nitrogens with one attached hydrogen (secondary N) is 1. The third kappa shape index (κ3) is 5.53. The summed E-state index contributed by atoms with van der Waals surface area (Å²) in [6.45, 7) is 3.62. The van der Waals surface area contributed by atoms with Gasteiger partial charge in [0.05, 0.1) is 17.1 Å². The molecule has 0 radical (unpaired) electrons. The van der Waals surface area contributed by atoms with Crippen molar-refractivity contribution >= 4 is 34.8 Å². The third-order valence-electron chi connectivity index (χ3n) is 4.75. The molecule has 2 amide bonds. The fourth-order valence-corrected chi connectivity index (χ4v) is 4.50. The van der Waals surface area contributed by atoms with Gasteiger partial charge in [-0.25, -0.2) is 4.98 Å². The number of carbonyl (C=O) groups excluding carboxylic acids is 2. The second-order valence-corrected chi connectivity index (χ2v) is 8.15. The normalized spacial score (nSPS) is 17.0. The zero-order valence-electron chi connectivity index (χ0n) is 15.4. The Morgan fingerprint density at radius 3 is 2.96 bits per heavy atom. The van der Waals surface area contributed by atoms with E-state index < -0.39 is 0 Å². The van der Waals surface area contributed by atoms with Gasteiger partial charge in [0.15, 0.2) is 0 Å². The molecular formula is C20H24ClN3O2S. The summed E-state index contributed by atoms with van der Waals surface area (Å²) in [5.74, 6) is 0.383. The van der Waals surface area contributed by atoms with Crippen LogP contribution in [-0.2, 0) is 22.4 Å². The number of carbonyl (C=O) groups is 2. The van der Waals surface area contributed by atoms with Crippen molar-refractivity contribution in [3.05, 3.63) is 50.9 Å². The zero-order chi connectivity index (χ0) is 19.2. The van der Waals surface area contributed by atoms with Crippen LogP contribution in [0.1, 0.15) is 41.9 Å². The Balaban J connectivity index is 1.57. The monoisotopic (exact) mass is 405 g/mol. The summed E-state index contributed by atoms with van der Waals surface area (Å²) in [6.07, 6.45) is 3.11. The van der Waals surface area contributed by atoms with E-state index in [1.165, 1.54) is 6.92 Å². The molecule has 1 aromatic carbocycles. The van der Waals surface area contributed by atoms with Gasteiger partial charge in [-0.3, -0.25) is 9.59 Å². The van der Waals surface area contributed by atoms with Crippen LogP contribution in [-0.4, -0.2) is 41.3 Å². The lowest BCUT2D eigenvalue weighted by molar-refractivity contribution is -0.131. The Labute approximate surface area is 168 Å². The van der Waals surface area contributed by atoms with Gasteiger partial charge >= 0.3 is 0 Å². The topological polar surface area (TPSA) is 62.3 Å². The maximum Gasteiger partial charge on any atom is 0.227 e. The van der Waals surface area contributed by atoms with Crippen molar-refractivity contribution in [2.45, 2.75) is 38.5 Å². The first-order valence-electron chi connectivity index (χ1n) is 9.23. The first-order valence-corrected chi connectivity index (χ1v) is 10.5. The van der Waals surface area contributed by atoms with Crippen LogP contribution < -0.4 is 5.32 Å². The van der Waals surface area contributed by atoms with Crippen molar-refractivity contribution in [1.29, 1.82) is 0 Å². The SMILES string of the molecule is CC(=O)NCCc1csc([C@H]2CCCN(C(=O)Cc3ccccc3Cl)C2)n1. The largest absolute Gasteiger partial charge is 0.356 e. The van der Waals surface area contributed by atoms with E-state index in [1.54, 1.807) is 11.3 Å². The number of amides is 2. The number of piperidine rings is 1. The Kier molecular flexibility index (Phi) is 6.85. The number of hydrogen-bond acceptors (Lipinski definition) is 4. The van der Waals surface area contributed by atoms with Gasteiger partial charge in [-0.1, -0.05) is 29.8 Å². The maximum absolute atomic E-state index is 12.7. The minimum absolute atomic E-state index is 0.0228. The van der Waals surface area contributed by atoms with Crippen molar-refractivity contribution in [1.82, 2.24) is 15.2 Å². The number of thiazole rings is 1. The summed E-state index contributed by atoms with van der Waals surface area (Å²) in [4.78, 5) is 30.4. The average molecular weight is 406 g/mol. The molecule has 27 heavy (non-hydrogen) atoms. The lowest BCUT2D eigenvalue weighted by Crippen LogP contribution is -2.40. The van der Waals surface area contributed by atoms with Gasteiger partial charge in [0, 0.05) is 49.3 Å². The van der Waals surface area contributed by atoms with Gasteiger partial charge in [-0.2, -0.15) is 0 Å². The lowest BCUT2D eigenvalue weighted by atomic mass is 9.98. The molecule has 0 aliphatic carbocycles. The van der Waals surface area contributed by atoms with E-state index in [9.17, 15) is 9.59 Å². The summed E-state index contributed by atoms with van der Waals surface area (Å²) in [5, 5.41) is 6.58. The van der Waals surface area contributed by atoms with Crippen LogP contribution >= 0.6 is 22.9 Å². The molecule has 7 heteroatoms. The van der Waals surface area contributed by atoms with Crippen LogP contribution in [0.15, 0.2) is 29.6 Å². The molecule has 2 heterocycles. The van der Waals surface area contributed by atoms with E-state index >= 15 is 0 Å². The Morgan fingerprint density at radius 1 is 1.37 bits per heavy atom. The summed E-state index contributed by atoms with van der Waals surface area (Å²) in [5.41, 5.74) is 1.88. The molecule has 1 aliphatic heterocycles. The lowest BCUT2D eigenvalue weighted by Gasteiger charge is -2.32. The fraction of sp³-hybridized carbons (Fsp3) is 0.450. The highest BCUT2D eigenvalue weighted by molar-refractivity contribution is 7.09. The third-order valence-corrected chi connectivity index (χ3v) is 6.17. The second-order valence-electron chi connectivity index (χ2n) is 6.86. The Morgan fingerprint density at radius 2 is 2.19 bits per heavy atom. The molecule has 0 bridgehead atoms. The van der Waals surface area contributed by atoms with E-state index in [-0.39, 0.29) is 17.7 Å². The molecule has 1 fully saturated rings. The summed E-state index contributed by atoms with van der Waals surface area (Å²) >= 11 is 7.84. The van der Waals surface area contributed by atoms with E-state index in [0.717, 1.165) is 42.1 Å². The number of nitrogens with zero attached hydrogens (tertiary/aromatic N) is 2. The van der Waals surface area contributed by atoms with Gasteiger partial charge in [0.2, 0.25) is 11.8 Å². The van der Waals surface area contributed by atoms with E-state index in [1.807, 2.05) is 29.2 Å². The minimum Gasteiger partial charge on any atom is -0.356 e. The van der Waals surface area contributed by atoms with E-state index in [2.05, 4.69) is 10.7 Å². The molecular weight excluding hydrogens is 382 g/mol. The first-order chi connectivity index (χ1) is 13.0. The van der Waals surface area contributed by atoms with Crippen molar-refractivity contribution in [2.75, 3.05) is 19.6 Å². The highest BCUT2D eigenvalue weighted by Crippen LogP contribution is 2.30. The van der Waals surface area contributed by atoms with Crippen LogP contribution in [0.3, 0.4) is 0 Å². The van der Waals surface area contributed by atoms with Crippen LogP contribution in [0, 0.1) is 0 Å². The quantitative estimate of drug-likeness (QED) is 0.800. The predicted molar refractivity (Wildman–Crippen MR) is 108 cm³/mol. The van der Waals surface area contributed by atoms with Gasteiger partial charge in [0.25, 0.3) is 0 Å². The van der Waals surface area contributed by atoms with Gasteiger partial charge in [-0.15, -0.1) is 11.3 Å². The molecule has 1 saturated heterocycles. The first kappa shape index (κ1) is 19.8. The van der Waals surface area contributed by atoms with Crippen molar-refractivity contribution in [3.63, 3.8) is 0 Å². The minimum atomic E-state index is -0.0228. The summed E-state index contributed by atoms with van der Waals surface area (Å²) in [7, 11) is 0. The molecule has 1 N–H and O–H groups in total. The molecule has 3 rings (SSSR count). The van der Waals surface area contributed by atoms with Crippen LogP contribution in [0.2, 0.25) is 5.02 Å². The van der Waals surface area contributed by atoms with Crippen LogP contribution in [0.5, 0.6) is 0 Å². The molecule has 0 unspecified atom stereocenters. The van der Waals surface area contributed by atoms with Crippen molar-refractivity contribution < 1.29 is 9.59 Å². The molecule has 0 spiro atoms. The molecule has 0 saturated carbocycles. The Hall–Kier alpha value is -1.92. The number of likely N-dealkylation sites (tertiary alicyclic amines) is 1. The standard InChI is InChI=1S/C20H24ClN3O2S/c1-14(25)22-9-8-17-13-27-20(23-17)16-6-4-10-24(12-16)19(26)11-15-5-2-3-7-18(15)21/h2-3,5,7,13,16H,4,6,8-12H2,1H3,(H,22,25)/t16-/m0/s1. The van der Waals surface area contributed by atoms with E-state index in [0.29, 0.717) is 24.5 Å². The number of halogens is 1. The molecule has 1 aromatic heterocycles. The molecule has 5 nitrogen and oxygen atoms in total. The van der Waals surface area contributed by atoms with Crippen LogP contribution in [0.25, 0.3) is 0 Å². The van der Waals surface area contributed by atoms with Gasteiger partial charge in [0.1, 0.15) is 0 Å². The van der Waals surface area contributed by atoms with Crippen LogP contribution in [0.4, 0.5) is 0 Å².